The van der Waals surface area contributed by atoms with Gasteiger partial charge in [-0.25, -0.2) is 4.98 Å². The summed E-state index contributed by atoms with van der Waals surface area (Å²) in [7, 11) is 1.68. The van der Waals surface area contributed by atoms with Crippen molar-refractivity contribution >= 4 is 16.5 Å². The Hall–Kier alpha value is -1.55. The Morgan fingerprint density at radius 2 is 2.28 bits per heavy atom. The third-order valence-electron chi connectivity index (χ3n) is 2.68. The molecule has 18 heavy (non-hydrogen) atoms. The lowest BCUT2D eigenvalue weighted by atomic mass is 10.2. The maximum atomic E-state index is 5.22. The van der Waals surface area contributed by atoms with Crippen LogP contribution in [0.4, 0.5) is 5.13 Å². The second kappa shape index (κ2) is 6.40. The van der Waals surface area contributed by atoms with Gasteiger partial charge in [-0.1, -0.05) is 25.5 Å². The molecule has 0 atom stereocenters. The van der Waals surface area contributed by atoms with Crippen molar-refractivity contribution in [1.29, 1.82) is 0 Å². The molecule has 0 unspecified atom stereocenters. The molecule has 0 aliphatic heterocycles. The lowest BCUT2D eigenvalue weighted by molar-refractivity contribution is 0.415. The molecule has 0 aliphatic rings. The molecule has 1 aromatic carbocycles. The van der Waals surface area contributed by atoms with Gasteiger partial charge in [-0.3, -0.25) is 0 Å². The molecule has 4 heteroatoms. The van der Waals surface area contributed by atoms with Crippen LogP contribution >= 0.6 is 11.3 Å². The Bertz CT molecular complexity index is 496. The molecule has 3 nitrogen and oxygen atoms in total. The van der Waals surface area contributed by atoms with Gasteiger partial charge in [-0.05, 0) is 18.6 Å². The highest BCUT2D eigenvalue weighted by atomic mass is 32.1. The van der Waals surface area contributed by atoms with E-state index in [0.717, 1.165) is 28.7 Å². The molecule has 0 saturated carbocycles. The first-order valence-electron chi connectivity index (χ1n) is 6.17. The number of thiazole rings is 1. The lowest BCUT2D eigenvalue weighted by Crippen LogP contribution is -1.99. The minimum absolute atomic E-state index is 0.862. The Balaban J connectivity index is 2.08. The lowest BCUT2D eigenvalue weighted by Gasteiger charge is -2.02. The number of aromatic nitrogens is 1. The van der Waals surface area contributed by atoms with Crippen molar-refractivity contribution < 1.29 is 4.74 Å². The zero-order valence-corrected chi connectivity index (χ0v) is 11.6. The highest BCUT2D eigenvalue weighted by molar-refractivity contribution is 7.14. The van der Waals surface area contributed by atoms with Gasteiger partial charge >= 0.3 is 0 Å². The summed E-state index contributed by atoms with van der Waals surface area (Å²) in [5.41, 5.74) is 2.09. The standard InChI is InChI=1S/C14H18N2OS/c1-3-4-8-15-14-16-13(10-18-14)11-6-5-7-12(9-11)17-2/h5-7,9-10H,3-4,8H2,1-2H3,(H,15,16). The summed E-state index contributed by atoms with van der Waals surface area (Å²) in [4.78, 5) is 4.58. The van der Waals surface area contributed by atoms with Crippen LogP contribution in [0.2, 0.25) is 0 Å². The maximum absolute atomic E-state index is 5.22. The summed E-state index contributed by atoms with van der Waals surface area (Å²) in [6.07, 6.45) is 2.37. The molecule has 96 valence electrons. The highest BCUT2D eigenvalue weighted by Crippen LogP contribution is 2.27. The summed E-state index contributed by atoms with van der Waals surface area (Å²) >= 11 is 1.65. The molecule has 1 N–H and O–H groups in total. The number of hydrogen-bond donors (Lipinski definition) is 1. The predicted octanol–water partition coefficient (Wildman–Crippen LogP) is 4.03. The molecule has 0 aliphatic carbocycles. The van der Waals surface area contributed by atoms with Gasteiger partial charge in [0.05, 0.1) is 12.8 Å². The summed E-state index contributed by atoms with van der Waals surface area (Å²) in [6, 6.07) is 7.98. The van der Waals surface area contributed by atoms with E-state index in [-0.39, 0.29) is 0 Å². The monoisotopic (exact) mass is 262 g/mol. The Labute approximate surface area is 112 Å². The minimum Gasteiger partial charge on any atom is -0.497 e. The molecule has 0 bridgehead atoms. The first-order valence-corrected chi connectivity index (χ1v) is 7.05. The van der Waals surface area contributed by atoms with Gasteiger partial charge in [0.25, 0.3) is 0 Å². The molecule has 1 heterocycles. The number of nitrogens with zero attached hydrogens (tertiary/aromatic N) is 1. The van der Waals surface area contributed by atoms with Crippen molar-refractivity contribution in [3.63, 3.8) is 0 Å². The van der Waals surface area contributed by atoms with E-state index in [0.29, 0.717) is 0 Å². The van der Waals surface area contributed by atoms with E-state index in [4.69, 9.17) is 4.74 Å². The average molecular weight is 262 g/mol. The summed E-state index contributed by atoms with van der Waals surface area (Å²) in [6.45, 7) is 3.17. The molecule has 1 aromatic heterocycles. The van der Waals surface area contributed by atoms with Crippen LogP contribution in [0.5, 0.6) is 5.75 Å². The van der Waals surface area contributed by atoms with Gasteiger partial charge in [-0.15, -0.1) is 11.3 Å². The maximum Gasteiger partial charge on any atom is 0.183 e. The van der Waals surface area contributed by atoms with E-state index in [1.807, 2.05) is 24.3 Å². The highest BCUT2D eigenvalue weighted by Gasteiger charge is 2.04. The number of hydrogen-bond acceptors (Lipinski definition) is 4. The van der Waals surface area contributed by atoms with Crippen LogP contribution in [0.3, 0.4) is 0 Å². The fourth-order valence-electron chi connectivity index (χ4n) is 1.64. The first-order chi connectivity index (χ1) is 8.83. The van der Waals surface area contributed by atoms with Crippen LogP contribution in [0, 0.1) is 0 Å². The topological polar surface area (TPSA) is 34.2 Å². The van der Waals surface area contributed by atoms with Crippen molar-refractivity contribution in [1.82, 2.24) is 4.98 Å². The van der Waals surface area contributed by atoms with Gasteiger partial charge < -0.3 is 10.1 Å². The molecule has 0 amide bonds. The number of ether oxygens (including phenoxy) is 1. The summed E-state index contributed by atoms with van der Waals surface area (Å²) in [5, 5.41) is 6.40. The number of nitrogens with one attached hydrogen (secondary N) is 1. The van der Waals surface area contributed by atoms with Crippen molar-refractivity contribution in [2.45, 2.75) is 19.8 Å². The first kappa shape index (κ1) is 12.9. The molecule has 2 aromatic rings. The van der Waals surface area contributed by atoms with Crippen molar-refractivity contribution in [3.05, 3.63) is 29.6 Å². The van der Waals surface area contributed by atoms with E-state index in [9.17, 15) is 0 Å². The molecule has 2 rings (SSSR count). The van der Waals surface area contributed by atoms with Crippen LogP contribution in [-0.2, 0) is 0 Å². The Kier molecular flexibility index (Phi) is 4.59. The molecular formula is C14H18N2OS. The molecule has 0 spiro atoms. The zero-order valence-electron chi connectivity index (χ0n) is 10.8. The quantitative estimate of drug-likeness (QED) is 0.798. The zero-order chi connectivity index (χ0) is 12.8. The third kappa shape index (κ3) is 3.23. The number of rotatable bonds is 6. The van der Waals surface area contributed by atoms with Crippen LogP contribution in [-0.4, -0.2) is 18.6 Å². The van der Waals surface area contributed by atoms with E-state index in [1.165, 1.54) is 12.8 Å². The van der Waals surface area contributed by atoms with E-state index < -0.39 is 0 Å². The van der Waals surface area contributed by atoms with Gasteiger partial charge in [0.15, 0.2) is 5.13 Å². The Morgan fingerprint density at radius 3 is 3.06 bits per heavy atom. The van der Waals surface area contributed by atoms with Gasteiger partial charge in [0.1, 0.15) is 5.75 Å². The van der Waals surface area contributed by atoms with E-state index in [1.54, 1.807) is 18.4 Å². The van der Waals surface area contributed by atoms with Crippen molar-refractivity contribution in [3.8, 4) is 17.0 Å². The van der Waals surface area contributed by atoms with Crippen LogP contribution in [0.15, 0.2) is 29.6 Å². The summed E-state index contributed by atoms with van der Waals surface area (Å²) in [5.74, 6) is 0.862. The average Bonchev–Trinajstić information content (AvgIpc) is 2.88. The van der Waals surface area contributed by atoms with Crippen molar-refractivity contribution in [2.75, 3.05) is 19.0 Å². The van der Waals surface area contributed by atoms with Gasteiger partial charge in [0, 0.05) is 17.5 Å². The number of benzene rings is 1. The second-order valence-electron chi connectivity index (χ2n) is 4.05. The van der Waals surface area contributed by atoms with E-state index in [2.05, 4.69) is 22.6 Å². The largest absolute Gasteiger partial charge is 0.497 e. The van der Waals surface area contributed by atoms with Crippen molar-refractivity contribution in [2.24, 2.45) is 0 Å². The van der Waals surface area contributed by atoms with Crippen LogP contribution in [0.1, 0.15) is 19.8 Å². The third-order valence-corrected chi connectivity index (χ3v) is 3.48. The van der Waals surface area contributed by atoms with E-state index >= 15 is 0 Å². The minimum atomic E-state index is 0.862. The normalized spacial score (nSPS) is 10.3. The summed E-state index contributed by atoms with van der Waals surface area (Å²) < 4.78 is 5.22. The number of methoxy groups -OCH3 is 1. The molecule has 0 saturated heterocycles. The van der Waals surface area contributed by atoms with Crippen LogP contribution in [0.25, 0.3) is 11.3 Å². The van der Waals surface area contributed by atoms with Gasteiger partial charge in [-0.2, -0.15) is 0 Å². The molecular weight excluding hydrogens is 244 g/mol. The smallest absolute Gasteiger partial charge is 0.183 e. The molecule has 0 fully saturated rings. The fourth-order valence-corrected chi connectivity index (χ4v) is 2.39. The second-order valence-corrected chi connectivity index (χ2v) is 4.91. The fraction of sp³-hybridized carbons (Fsp3) is 0.357. The van der Waals surface area contributed by atoms with Gasteiger partial charge in [0.2, 0.25) is 0 Å². The number of unbranched alkanes of at least 4 members (excludes halogenated alkanes) is 1. The number of anilines is 1. The molecule has 0 radical (unpaired) electrons. The predicted molar refractivity (Wildman–Crippen MR) is 77.5 cm³/mol. The SMILES string of the molecule is CCCCNc1nc(-c2cccc(OC)c2)cs1. The Morgan fingerprint density at radius 1 is 1.39 bits per heavy atom. The van der Waals surface area contributed by atoms with Crippen LogP contribution < -0.4 is 10.1 Å².